The van der Waals surface area contributed by atoms with Crippen LogP contribution in [0.2, 0.25) is 0 Å². The van der Waals surface area contributed by atoms with E-state index < -0.39 is 9.84 Å². The van der Waals surface area contributed by atoms with Crippen molar-refractivity contribution in [2.24, 2.45) is 11.8 Å². The van der Waals surface area contributed by atoms with Crippen LogP contribution in [0.5, 0.6) is 5.75 Å². The molecule has 0 radical (unpaired) electrons. The van der Waals surface area contributed by atoms with Gasteiger partial charge in [0.1, 0.15) is 10.6 Å². The number of fused-ring (bicyclic) bond motifs is 1. The van der Waals surface area contributed by atoms with E-state index in [0.29, 0.717) is 18.4 Å². The molecule has 0 spiro atoms. The molecule has 2 heterocycles. The summed E-state index contributed by atoms with van der Waals surface area (Å²) < 4.78 is 32.9. The summed E-state index contributed by atoms with van der Waals surface area (Å²) >= 11 is 0. The highest BCUT2D eigenvalue weighted by molar-refractivity contribution is 7.91. The van der Waals surface area contributed by atoms with Gasteiger partial charge in [0, 0.05) is 24.7 Å². The van der Waals surface area contributed by atoms with Gasteiger partial charge >= 0.3 is 0 Å². The normalized spacial score (nSPS) is 19.8. The average molecular weight is 425 g/mol. The SMILES string of the molecule is CCOc1ccc2ncc(S(=O)(=O)c3ccccc3)c(N3C[C@H](C)C[C@H](C)C3)c2c1. The van der Waals surface area contributed by atoms with Gasteiger partial charge in [0.2, 0.25) is 9.84 Å². The maximum absolute atomic E-state index is 13.6. The molecule has 1 fully saturated rings. The highest BCUT2D eigenvalue weighted by atomic mass is 32.2. The molecule has 0 saturated carbocycles. The number of piperidine rings is 1. The Morgan fingerprint density at radius 3 is 2.43 bits per heavy atom. The van der Waals surface area contributed by atoms with Crippen LogP contribution >= 0.6 is 0 Å². The Labute approximate surface area is 178 Å². The summed E-state index contributed by atoms with van der Waals surface area (Å²) in [5, 5.41) is 0.819. The third-order valence-corrected chi connectivity index (χ3v) is 7.39. The summed E-state index contributed by atoms with van der Waals surface area (Å²) in [4.78, 5) is 7.28. The van der Waals surface area contributed by atoms with Crippen molar-refractivity contribution in [2.45, 2.75) is 37.0 Å². The molecule has 2 atom stereocenters. The van der Waals surface area contributed by atoms with Crippen molar-refractivity contribution < 1.29 is 13.2 Å². The van der Waals surface area contributed by atoms with Gasteiger partial charge in [-0.1, -0.05) is 32.0 Å². The molecule has 158 valence electrons. The van der Waals surface area contributed by atoms with Gasteiger partial charge in [-0.2, -0.15) is 0 Å². The minimum Gasteiger partial charge on any atom is -0.494 e. The van der Waals surface area contributed by atoms with Crippen molar-refractivity contribution >= 4 is 26.4 Å². The Morgan fingerprint density at radius 2 is 1.77 bits per heavy atom. The van der Waals surface area contributed by atoms with Gasteiger partial charge in [0.05, 0.1) is 22.7 Å². The number of rotatable bonds is 5. The Morgan fingerprint density at radius 1 is 1.07 bits per heavy atom. The van der Waals surface area contributed by atoms with E-state index in [1.165, 1.54) is 6.20 Å². The van der Waals surface area contributed by atoms with Crippen LogP contribution in [0.4, 0.5) is 5.69 Å². The number of pyridine rings is 1. The van der Waals surface area contributed by atoms with Crippen molar-refractivity contribution in [2.75, 3.05) is 24.6 Å². The van der Waals surface area contributed by atoms with Crippen LogP contribution in [0, 0.1) is 11.8 Å². The molecule has 4 rings (SSSR count). The molecular formula is C24H28N2O3S. The molecule has 1 aliphatic heterocycles. The molecule has 6 heteroatoms. The van der Waals surface area contributed by atoms with Crippen molar-refractivity contribution in [3.63, 3.8) is 0 Å². The van der Waals surface area contributed by atoms with E-state index >= 15 is 0 Å². The molecule has 0 bridgehead atoms. The first-order chi connectivity index (χ1) is 14.4. The van der Waals surface area contributed by atoms with Gasteiger partial charge < -0.3 is 9.64 Å². The molecule has 1 aliphatic rings. The third kappa shape index (κ3) is 3.88. The standard InChI is InChI=1S/C24H28N2O3S/c1-4-29-19-10-11-22-21(13-19)24(26-15-17(2)12-18(3)16-26)23(14-25-22)30(27,28)20-8-6-5-7-9-20/h5-11,13-14,17-18H,4,12,15-16H2,1-3H3/t17-,18+. The molecule has 0 aliphatic carbocycles. The summed E-state index contributed by atoms with van der Waals surface area (Å²) in [6, 6.07) is 14.3. The molecule has 30 heavy (non-hydrogen) atoms. The Balaban J connectivity index is 1.98. The number of sulfone groups is 1. The van der Waals surface area contributed by atoms with E-state index in [4.69, 9.17) is 4.74 Å². The van der Waals surface area contributed by atoms with E-state index in [1.807, 2.05) is 31.2 Å². The monoisotopic (exact) mass is 424 g/mol. The highest BCUT2D eigenvalue weighted by Gasteiger charge is 2.30. The predicted molar refractivity (Wildman–Crippen MR) is 120 cm³/mol. The molecule has 0 N–H and O–H groups in total. The van der Waals surface area contributed by atoms with E-state index in [9.17, 15) is 8.42 Å². The highest BCUT2D eigenvalue weighted by Crippen LogP contribution is 2.39. The zero-order chi connectivity index (χ0) is 21.3. The summed E-state index contributed by atoms with van der Waals surface area (Å²) in [5.74, 6) is 1.69. The van der Waals surface area contributed by atoms with Crippen molar-refractivity contribution in [1.82, 2.24) is 4.98 Å². The largest absolute Gasteiger partial charge is 0.494 e. The zero-order valence-corrected chi connectivity index (χ0v) is 18.5. The average Bonchev–Trinajstić information content (AvgIpc) is 2.73. The Kier molecular flexibility index (Phi) is 5.69. The summed E-state index contributed by atoms with van der Waals surface area (Å²) in [5.41, 5.74) is 1.51. The van der Waals surface area contributed by atoms with Crippen LogP contribution in [0.15, 0.2) is 64.5 Å². The maximum Gasteiger partial charge on any atom is 0.210 e. The molecule has 2 aromatic carbocycles. The number of benzene rings is 2. The second-order valence-electron chi connectivity index (χ2n) is 8.25. The van der Waals surface area contributed by atoms with E-state index in [2.05, 4.69) is 23.7 Å². The smallest absolute Gasteiger partial charge is 0.210 e. The summed E-state index contributed by atoms with van der Waals surface area (Å²) in [6.07, 6.45) is 2.66. The molecule has 1 saturated heterocycles. The van der Waals surface area contributed by atoms with Gasteiger partial charge in [-0.3, -0.25) is 4.98 Å². The number of hydrogen-bond donors (Lipinski definition) is 0. The van der Waals surface area contributed by atoms with Gasteiger partial charge in [0.15, 0.2) is 0 Å². The van der Waals surface area contributed by atoms with Gasteiger partial charge in [-0.05, 0) is 55.5 Å². The quantitative estimate of drug-likeness (QED) is 0.580. The number of aromatic nitrogens is 1. The lowest BCUT2D eigenvalue weighted by Crippen LogP contribution is -2.39. The van der Waals surface area contributed by atoms with Crippen LogP contribution in [0.3, 0.4) is 0 Å². The van der Waals surface area contributed by atoms with Crippen LogP contribution < -0.4 is 9.64 Å². The first-order valence-corrected chi connectivity index (χ1v) is 12.0. The topological polar surface area (TPSA) is 59.5 Å². The fraction of sp³-hybridized carbons (Fsp3) is 0.375. The second kappa shape index (κ2) is 8.26. The first kappa shape index (κ1) is 20.7. The van der Waals surface area contributed by atoms with Crippen LogP contribution in [-0.4, -0.2) is 33.1 Å². The predicted octanol–water partition coefficient (Wildman–Crippen LogP) is 4.95. The van der Waals surface area contributed by atoms with E-state index in [0.717, 1.165) is 41.9 Å². The minimum atomic E-state index is -3.72. The fourth-order valence-corrected chi connectivity index (χ4v) is 5.95. The lowest BCUT2D eigenvalue weighted by molar-refractivity contribution is 0.340. The van der Waals surface area contributed by atoms with Crippen LogP contribution in [0.1, 0.15) is 27.2 Å². The van der Waals surface area contributed by atoms with Gasteiger partial charge in [-0.15, -0.1) is 0 Å². The van der Waals surface area contributed by atoms with Gasteiger partial charge in [-0.25, -0.2) is 8.42 Å². The summed E-state index contributed by atoms with van der Waals surface area (Å²) in [6.45, 7) is 8.58. The van der Waals surface area contributed by atoms with Crippen LogP contribution in [-0.2, 0) is 9.84 Å². The number of nitrogens with zero attached hydrogens (tertiary/aromatic N) is 2. The maximum atomic E-state index is 13.6. The Bertz CT molecular complexity index is 1140. The fourth-order valence-electron chi connectivity index (χ4n) is 4.49. The van der Waals surface area contributed by atoms with E-state index in [-0.39, 0.29) is 9.79 Å². The summed E-state index contributed by atoms with van der Waals surface area (Å²) in [7, 11) is -3.72. The molecule has 0 amide bonds. The van der Waals surface area contributed by atoms with Gasteiger partial charge in [0.25, 0.3) is 0 Å². The molecule has 1 aromatic heterocycles. The number of hydrogen-bond acceptors (Lipinski definition) is 5. The third-order valence-electron chi connectivity index (χ3n) is 5.62. The number of ether oxygens (including phenoxy) is 1. The molecule has 5 nitrogen and oxygen atoms in total. The van der Waals surface area contributed by atoms with Crippen LogP contribution in [0.25, 0.3) is 10.9 Å². The lowest BCUT2D eigenvalue weighted by Gasteiger charge is -2.38. The Hall–Kier alpha value is -2.60. The number of anilines is 1. The minimum absolute atomic E-state index is 0.260. The van der Waals surface area contributed by atoms with Crippen molar-refractivity contribution in [1.29, 1.82) is 0 Å². The molecule has 3 aromatic rings. The zero-order valence-electron chi connectivity index (χ0n) is 17.7. The first-order valence-electron chi connectivity index (χ1n) is 10.5. The van der Waals surface area contributed by atoms with E-state index in [1.54, 1.807) is 24.3 Å². The lowest BCUT2D eigenvalue weighted by atomic mass is 9.91. The molecule has 0 unspecified atom stereocenters. The van der Waals surface area contributed by atoms with Crippen molar-refractivity contribution in [3.05, 3.63) is 54.7 Å². The van der Waals surface area contributed by atoms with Crippen molar-refractivity contribution in [3.8, 4) is 5.75 Å². The molecular weight excluding hydrogens is 396 g/mol. The second-order valence-corrected chi connectivity index (χ2v) is 10.2.